The second-order valence-corrected chi connectivity index (χ2v) is 7.31. The van der Waals surface area contributed by atoms with Gasteiger partial charge in [-0.3, -0.25) is 0 Å². The van der Waals surface area contributed by atoms with E-state index in [1.807, 2.05) is 0 Å². The van der Waals surface area contributed by atoms with E-state index in [0.29, 0.717) is 0 Å². The van der Waals surface area contributed by atoms with Crippen molar-refractivity contribution < 1.29 is 21.6 Å². The van der Waals surface area contributed by atoms with Gasteiger partial charge in [0.25, 0.3) is 0 Å². The summed E-state index contributed by atoms with van der Waals surface area (Å²) in [6.45, 7) is 0. The Bertz CT molecular complexity index is 456. The summed E-state index contributed by atoms with van der Waals surface area (Å²) < 4.78 is 58.8. The molecule has 0 radical (unpaired) electrons. The highest BCUT2D eigenvalue weighted by Crippen LogP contribution is 2.27. The van der Waals surface area contributed by atoms with E-state index < -0.39 is 32.1 Å². The van der Waals surface area contributed by atoms with Crippen molar-refractivity contribution in [3.8, 4) is 0 Å². The topological polar surface area (TPSA) is 34.1 Å². The minimum absolute atomic E-state index is 0.0591. The van der Waals surface area contributed by atoms with E-state index in [-0.39, 0.29) is 4.90 Å². The van der Waals surface area contributed by atoms with Gasteiger partial charge in [-0.25, -0.2) is 8.42 Å². The van der Waals surface area contributed by atoms with Crippen molar-refractivity contribution in [2.24, 2.45) is 0 Å². The lowest BCUT2D eigenvalue weighted by Gasteiger charge is -2.12. The fourth-order valence-electron chi connectivity index (χ4n) is 1.27. The molecule has 0 bridgehead atoms. The fraction of sp³-hybridized carbons (Fsp3) is 0.400. The fourth-order valence-corrected chi connectivity index (χ4v) is 4.55. The summed E-state index contributed by atoms with van der Waals surface area (Å²) >= 11 is 1.52. The average molecular weight is 378 g/mol. The van der Waals surface area contributed by atoms with Crippen LogP contribution in [0.1, 0.15) is 6.42 Å². The van der Waals surface area contributed by atoms with Crippen LogP contribution in [-0.2, 0) is 9.84 Å². The second-order valence-electron chi connectivity index (χ2n) is 3.51. The molecule has 1 rings (SSSR count). The van der Waals surface area contributed by atoms with E-state index >= 15 is 0 Å². The van der Waals surface area contributed by atoms with Gasteiger partial charge >= 0.3 is 6.18 Å². The second kappa shape index (κ2) is 5.55. The summed E-state index contributed by atoms with van der Waals surface area (Å²) in [6, 6.07) is 7.49. The number of hydrogen-bond acceptors (Lipinski definition) is 2. The van der Waals surface area contributed by atoms with Crippen LogP contribution < -0.4 is 0 Å². The molecule has 0 fully saturated rings. The molecule has 2 nitrogen and oxygen atoms in total. The lowest BCUT2D eigenvalue weighted by atomic mass is 10.3. The Kier molecular flexibility index (Phi) is 4.82. The first-order chi connectivity index (χ1) is 7.71. The number of sulfone groups is 1. The summed E-state index contributed by atoms with van der Waals surface area (Å²) in [5, 5.41) is 0. The van der Waals surface area contributed by atoms with Gasteiger partial charge in [-0.05, 0) is 12.1 Å². The maximum Gasteiger partial charge on any atom is 0.390 e. The van der Waals surface area contributed by atoms with Crippen LogP contribution in [0.4, 0.5) is 13.2 Å². The maximum absolute atomic E-state index is 12.1. The van der Waals surface area contributed by atoms with Gasteiger partial charge < -0.3 is 0 Å². The van der Waals surface area contributed by atoms with Crippen LogP contribution in [-0.4, -0.2) is 24.3 Å². The summed E-state index contributed by atoms with van der Waals surface area (Å²) in [6.07, 6.45) is -5.43. The van der Waals surface area contributed by atoms with Gasteiger partial charge in [-0.2, -0.15) is 13.2 Å². The highest BCUT2D eigenvalue weighted by atomic mass is 127. The predicted molar refractivity (Wildman–Crippen MR) is 67.0 cm³/mol. The zero-order valence-corrected chi connectivity index (χ0v) is 11.6. The molecule has 0 heterocycles. The van der Waals surface area contributed by atoms with E-state index in [1.54, 1.807) is 18.2 Å². The predicted octanol–water partition coefficient (Wildman–Crippen LogP) is 3.22. The van der Waals surface area contributed by atoms with Crippen LogP contribution in [0.3, 0.4) is 0 Å². The van der Waals surface area contributed by atoms with Gasteiger partial charge in [-0.15, -0.1) is 0 Å². The standard InChI is InChI=1S/C10H10F3IO2S/c11-10(12,13)6-8(14)7-17(15,16)9-4-2-1-3-5-9/h1-5,8H,6-7H2. The van der Waals surface area contributed by atoms with Crippen LogP contribution in [0.5, 0.6) is 0 Å². The van der Waals surface area contributed by atoms with E-state index in [9.17, 15) is 21.6 Å². The van der Waals surface area contributed by atoms with Crippen LogP contribution in [0.2, 0.25) is 0 Å². The molecule has 17 heavy (non-hydrogen) atoms. The van der Waals surface area contributed by atoms with E-state index in [0.717, 1.165) is 0 Å². The normalized spacial score (nSPS) is 14.6. The highest BCUT2D eigenvalue weighted by molar-refractivity contribution is 14.1. The molecule has 7 heteroatoms. The zero-order chi connectivity index (χ0) is 13.1. The molecule has 1 atom stereocenters. The molecule has 1 aromatic rings. The number of benzene rings is 1. The first kappa shape index (κ1) is 14.7. The third kappa shape index (κ3) is 5.24. The first-order valence-electron chi connectivity index (χ1n) is 4.69. The number of alkyl halides is 4. The molecule has 1 aromatic carbocycles. The van der Waals surface area contributed by atoms with Crippen molar-refractivity contribution in [1.82, 2.24) is 0 Å². The van der Waals surface area contributed by atoms with E-state index in [1.165, 1.54) is 34.7 Å². The van der Waals surface area contributed by atoms with Crippen LogP contribution >= 0.6 is 22.6 Å². The molecule has 1 unspecified atom stereocenters. The molecule has 0 saturated heterocycles. The van der Waals surface area contributed by atoms with Gasteiger partial charge in [0, 0.05) is 3.92 Å². The van der Waals surface area contributed by atoms with Gasteiger partial charge in [0.15, 0.2) is 9.84 Å². The zero-order valence-electron chi connectivity index (χ0n) is 8.61. The van der Waals surface area contributed by atoms with Crippen LogP contribution in [0.25, 0.3) is 0 Å². The highest BCUT2D eigenvalue weighted by Gasteiger charge is 2.33. The van der Waals surface area contributed by atoms with Crippen LogP contribution in [0, 0.1) is 0 Å². The molecule has 0 aliphatic rings. The number of rotatable bonds is 4. The van der Waals surface area contributed by atoms with Crippen molar-refractivity contribution >= 4 is 32.4 Å². The lowest BCUT2D eigenvalue weighted by Crippen LogP contribution is -2.22. The molecule has 0 N–H and O–H groups in total. The molecule has 0 amide bonds. The Morgan fingerprint density at radius 1 is 1.18 bits per heavy atom. The molecule has 0 aliphatic heterocycles. The van der Waals surface area contributed by atoms with Gasteiger partial charge in [-0.1, -0.05) is 40.8 Å². The third-order valence-corrected chi connectivity index (χ3v) is 5.27. The van der Waals surface area contributed by atoms with Crippen molar-refractivity contribution in [3.05, 3.63) is 30.3 Å². The van der Waals surface area contributed by atoms with Gasteiger partial charge in [0.05, 0.1) is 17.1 Å². The first-order valence-corrected chi connectivity index (χ1v) is 7.59. The van der Waals surface area contributed by atoms with Gasteiger partial charge in [0.2, 0.25) is 0 Å². The van der Waals surface area contributed by atoms with Crippen molar-refractivity contribution in [2.75, 3.05) is 5.75 Å². The molecular formula is C10H10F3IO2S. The quantitative estimate of drug-likeness (QED) is 0.596. The smallest absolute Gasteiger partial charge is 0.224 e. The third-order valence-electron chi connectivity index (χ3n) is 1.96. The largest absolute Gasteiger partial charge is 0.390 e. The molecule has 0 spiro atoms. The number of halogens is 4. The van der Waals surface area contributed by atoms with Gasteiger partial charge in [0.1, 0.15) is 0 Å². The summed E-state index contributed by atoms with van der Waals surface area (Å²) in [5.74, 6) is -0.503. The van der Waals surface area contributed by atoms with E-state index in [4.69, 9.17) is 0 Å². The molecule has 0 aliphatic carbocycles. The summed E-state index contributed by atoms with van der Waals surface area (Å²) in [4.78, 5) is 0.0591. The maximum atomic E-state index is 12.1. The molecular weight excluding hydrogens is 368 g/mol. The van der Waals surface area contributed by atoms with Crippen molar-refractivity contribution in [2.45, 2.75) is 21.4 Å². The number of hydrogen-bond donors (Lipinski definition) is 0. The SMILES string of the molecule is O=S(=O)(CC(I)CC(F)(F)F)c1ccccc1. The summed E-state index contributed by atoms with van der Waals surface area (Å²) in [7, 11) is -3.64. The average Bonchev–Trinajstić information content (AvgIpc) is 2.15. The Hall–Kier alpha value is -0.310. The van der Waals surface area contributed by atoms with Crippen molar-refractivity contribution in [3.63, 3.8) is 0 Å². The Balaban J connectivity index is 2.75. The van der Waals surface area contributed by atoms with Crippen molar-refractivity contribution in [1.29, 1.82) is 0 Å². The Labute approximate surface area is 111 Å². The molecule has 0 aromatic heterocycles. The van der Waals surface area contributed by atoms with Crippen LogP contribution in [0.15, 0.2) is 35.2 Å². The Morgan fingerprint density at radius 3 is 2.18 bits per heavy atom. The Morgan fingerprint density at radius 2 is 1.71 bits per heavy atom. The monoisotopic (exact) mass is 378 g/mol. The lowest BCUT2D eigenvalue weighted by molar-refractivity contribution is -0.132. The van der Waals surface area contributed by atoms with E-state index in [2.05, 4.69) is 0 Å². The minimum Gasteiger partial charge on any atom is -0.224 e. The summed E-state index contributed by atoms with van der Waals surface area (Å²) in [5.41, 5.74) is 0. The molecule has 0 saturated carbocycles. The molecule has 96 valence electrons. The minimum atomic E-state index is -4.34.